The van der Waals surface area contributed by atoms with Crippen molar-refractivity contribution in [1.82, 2.24) is 14.7 Å². The number of imide groups is 1. The van der Waals surface area contributed by atoms with Gasteiger partial charge in [-0.3, -0.25) is 9.69 Å². The minimum absolute atomic E-state index is 0. The Bertz CT molecular complexity index is 420. The van der Waals surface area contributed by atoms with Gasteiger partial charge in [-0.1, -0.05) is 0 Å². The minimum atomic E-state index is -0.894. The average Bonchev–Trinajstić information content (AvgIpc) is 2.73. The van der Waals surface area contributed by atoms with Gasteiger partial charge in [-0.15, -0.1) is 12.4 Å². The third kappa shape index (κ3) is 3.37. The molecule has 0 saturated carbocycles. The maximum atomic E-state index is 12.6. The molecule has 0 aromatic heterocycles. The molecule has 0 N–H and O–H groups in total. The first-order chi connectivity index (χ1) is 10.1. The summed E-state index contributed by atoms with van der Waals surface area (Å²) in [6.07, 6.45) is 0.724. The van der Waals surface area contributed by atoms with Crippen LogP contribution in [0.5, 0.6) is 0 Å². The van der Waals surface area contributed by atoms with Gasteiger partial charge in [-0.25, -0.2) is 9.69 Å². The molecule has 0 aromatic carbocycles. The van der Waals surface area contributed by atoms with Gasteiger partial charge in [0.1, 0.15) is 0 Å². The molecule has 3 aliphatic heterocycles. The summed E-state index contributed by atoms with van der Waals surface area (Å²) >= 11 is 0. The highest BCUT2D eigenvalue weighted by molar-refractivity contribution is 6.03. The quantitative estimate of drug-likeness (QED) is 0.734. The van der Waals surface area contributed by atoms with E-state index < -0.39 is 11.7 Å². The van der Waals surface area contributed by atoms with E-state index in [1.54, 1.807) is 0 Å². The van der Waals surface area contributed by atoms with Crippen molar-refractivity contribution in [3.05, 3.63) is 0 Å². The summed E-state index contributed by atoms with van der Waals surface area (Å²) in [5, 5.41) is 0. The summed E-state index contributed by atoms with van der Waals surface area (Å²) in [7, 11) is 2.02. The summed E-state index contributed by atoms with van der Waals surface area (Å²) in [6, 6.07) is 0. The summed E-state index contributed by atoms with van der Waals surface area (Å²) in [4.78, 5) is 30.3. The summed E-state index contributed by atoms with van der Waals surface area (Å²) in [5.41, 5.74) is -0.894. The molecule has 3 aliphatic rings. The van der Waals surface area contributed by atoms with E-state index in [4.69, 9.17) is 9.47 Å². The Kier molecular flexibility index (Phi) is 5.65. The van der Waals surface area contributed by atoms with Crippen molar-refractivity contribution < 1.29 is 19.1 Å². The fourth-order valence-electron chi connectivity index (χ4n) is 3.15. The number of carbonyl (C=O) groups excluding carboxylic acids is 2. The van der Waals surface area contributed by atoms with Crippen LogP contribution in [0, 0.1) is 0 Å². The molecule has 3 heterocycles. The van der Waals surface area contributed by atoms with Crippen molar-refractivity contribution >= 4 is 24.4 Å². The van der Waals surface area contributed by atoms with Gasteiger partial charge in [-0.05, 0) is 7.05 Å². The van der Waals surface area contributed by atoms with Gasteiger partial charge >= 0.3 is 6.09 Å². The maximum Gasteiger partial charge on any atom is 0.417 e. The molecule has 3 fully saturated rings. The van der Waals surface area contributed by atoms with Crippen molar-refractivity contribution in [2.24, 2.45) is 0 Å². The third-order valence-electron chi connectivity index (χ3n) is 4.68. The van der Waals surface area contributed by atoms with Crippen LogP contribution in [0.2, 0.25) is 0 Å². The summed E-state index contributed by atoms with van der Waals surface area (Å²) in [6.45, 7) is 5.82. The zero-order chi connectivity index (χ0) is 14.9. The van der Waals surface area contributed by atoms with Crippen LogP contribution in [0.15, 0.2) is 0 Å². The lowest BCUT2D eigenvalue weighted by Crippen LogP contribution is -2.50. The van der Waals surface area contributed by atoms with Gasteiger partial charge in [0.05, 0.1) is 13.2 Å². The minimum Gasteiger partial charge on any atom is -0.432 e. The van der Waals surface area contributed by atoms with E-state index in [1.165, 1.54) is 4.90 Å². The van der Waals surface area contributed by atoms with E-state index in [9.17, 15) is 9.59 Å². The Morgan fingerprint density at radius 3 is 2.32 bits per heavy atom. The molecule has 3 rings (SSSR count). The molecule has 0 atom stereocenters. The number of hydrogen-bond acceptors (Lipinski definition) is 6. The molecule has 3 saturated heterocycles. The van der Waals surface area contributed by atoms with E-state index >= 15 is 0 Å². The lowest BCUT2D eigenvalue weighted by Gasteiger charge is -2.34. The number of hydrogen-bond donors (Lipinski definition) is 0. The Hall–Kier alpha value is -0.890. The smallest absolute Gasteiger partial charge is 0.417 e. The van der Waals surface area contributed by atoms with Gasteiger partial charge < -0.3 is 14.4 Å². The molecule has 2 amide bonds. The van der Waals surface area contributed by atoms with Crippen LogP contribution < -0.4 is 0 Å². The average molecular weight is 334 g/mol. The Labute approximate surface area is 136 Å². The molecule has 0 bridgehead atoms. The number of rotatable bonds is 3. The summed E-state index contributed by atoms with van der Waals surface area (Å²) in [5.74, 6) is -0.145. The second-order valence-electron chi connectivity index (χ2n) is 6.08. The molecule has 7 nitrogen and oxygen atoms in total. The number of amides is 2. The highest BCUT2D eigenvalue weighted by Crippen LogP contribution is 2.33. The van der Waals surface area contributed by atoms with Crippen LogP contribution in [0.4, 0.5) is 4.79 Å². The highest BCUT2D eigenvalue weighted by atomic mass is 35.5. The maximum absolute atomic E-state index is 12.6. The zero-order valence-electron chi connectivity index (χ0n) is 13.0. The molecule has 126 valence electrons. The predicted molar refractivity (Wildman–Crippen MR) is 82.2 cm³/mol. The lowest BCUT2D eigenvalue weighted by molar-refractivity contribution is -0.140. The van der Waals surface area contributed by atoms with Crippen LogP contribution in [-0.2, 0) is 14.3 Å². The summed E-state index contributed by atoms with van der Waals surface area (Å²) < 4.78 is 10.8. The number of morpholine rings is 1. The van der Waals surface area contributed by atoms with Gasteiger partial charge in [0, 0.05) is 52.1 Å². The van der Waals surface area contributed by atoms with Crippen molar-refractivity contribution in [2.45, 2.75) is 18.4 Å². The number of halogens is 1. The highest BCUT2D eigenvalue weighted by Gasteiger charge is 2.54. The van der Waals surface area contributed by atoms with Crippen molar-refractivity contribution in [3.8, 4) is 0 Å². The van der Waals surface area contributed by atoms with Crippen LogP contribution in [0.3, 0.4) is 0 Å². The van der Waals surface area contributed by atoms with Gasteiger partial charge in [0.2, 0.25) is 0 Å². The molecule has 8 heteroatoms. The van der Waals surface area contributed by atoms with Crippen LogP contribution in [-0.4, -0.2) is 91.8 Å². The fraction of sp³-hybridized carbons (Fsp3) is 0.857. The Morgan fingerprint density at radius 2 is 1.68 bits per heavy atom. The first-order valence-electron chi connectivity index (χ1n) is 7.64. The number of piperidine rings is 1. The van der Waals surface area contributed by atoms with Crippen LogP contribution >= 0.6 is 12.4 Å². The SMILES string of the molecule is CN1CCC2(CC1)OC(=O)N(CCN1CCOCC1)C2=O.Cl. The standard InChI is InChI=1S/C14H23N3O4.ClH/c1-15-4-2-14(3-5-15)12(18)17(13(19)21-14)7-6-16-8-10-20-11-9-16;/h2-11H2,1H3;1H. The largest absolute Gasteiger partial charge is 0.432 e. The molecule has 0 radical (unpaired) electrons. The molecule has 22 heavy (non-hydrogen) atoms. The first kappa shape index (κ1) is 17.5. The predicted octanol–water partition coefficient (Wildman–Crippen LogP) is 0.184. The van der Waals surface area contributed by atoms with Crippen molar-refractivity contribution in [3.63, 3.8) is 0 Å². The molecule has 1 spiro atoms. The second-order valence-corrected chi connectivity index (χ2v) is 6.08. The Morgan fingerprint density at radius 1 is 1.05 bits per heavy atom. The van der Waals surface area contributed by atoms with Crippen LogP contribution in [0.1, 0.15) is 12.8 Å². The van der Waals surface area contributed by atoms with Gasteiger partial charge in [0.25, 0.3) is 5.91 Å². The van der Waals surface area contributed by atoms with E-state index in [0.29, 0.717) is 39.1 Å². The van der Waals surface area contributed by atoms with E-state index in [1.807, 2.05) is 7.05 Å². The molecule has 0 aliphatic carbocycles. The molecule has 0 unspecified atom stereocenters. The Balaban J connectivity index is 0.00000176. The van der Waals surface area contributed by atoms with Gasteiger partial charge in [0.15, 0.2) is 5.60 Å². The number of nitrogens with zero attached hydrogens (tertiary/aromatic N) is 3. The van der Waals surface area contributed by atoms with E-state index in [-0.39, 0.29) is 18.3 Å². The molecular weight excluding hydrogens is 310 g/mol. The van der Waals surface area contributed by atoms with Crippen molar-refractivity contribution in [1.29, 1.82) is 0 Å². The van der Waals surface area contributed by atoms with Gasteiger partial charge in [-0.2, -0.15) is 0 Å². The second kappa shape index (κ2) is 7.12. The number of ether oxygens (including phenoxy) is 2. The number of carbonyl (C=O) groups is 2. The van der Waals surface area contributed by atoms with E-state index in [0.717, 1.165) is 26.2 Å². The number of likely N-dealkylation sites (tertiary alicyclic amines) is 1. The van der Waals surface area contributed by atoms with Crippen LogP contribution in [0.25, 0.3) is 0 Å². The van der Waals surface area contributed by atoms with Crippen molar-refractivity contribution in [2.75, 3.05) is 59.5 Å². The first-order valence-corrected chi connectivity index (χ1v) is 7.64. The lowest BCUT2D eigenvalue weighted by atomic mass is 9.91. The molecular formula is C14H24ClN3O4. The fourth-order valence-corrected chi connectivity index (χ4v) is 3.15. The van der Waals surface area contributed by atoms with E-state index in [2.05, 4.69) is 9.80 Å². The normalized spacial score (nSPS) is 26.1. The topological polar surface area (TPSA) is 62.3 Å². The monoisotopic (exact) mass is 333 g/mol. The molecule has 0 aromatic rings. The third-order valence-corrected chi connectivity index (χ3v) is 4.68. The zero-order valence-corrected chi connectivity index (χ0v) is 13.8.